The van der Waals surface area contributed by atoms with Gasteiger partial charge in [0.25, 0.3) is 0 Å². The first-order valence-electron chi connectivity index (χ1n) is 57.3. The van der Waals surface area contributed by atoms with Crippen LogP contribution in [0.25, 0.3) is 0 Å². The van der Waals surface area contributed by atoms with Crippen LogP contribution in [-0.4, -0.2) is 77.3 Å². The number of ether oxygens (including phenoxy) is 6. The molecule has 0 N–H and O–H groups in total. The summed E-state index contributed by atoms with van der Waals surface area (Å²) in [5.41, 5.74) is 0. The van der Waals surface area contributed by atoms with Gasteiger partial charge in [-0.3, -0.25) is 0 Å². The highest BCUT2D eigenvalue weighted by atomic mass is 16.6. The van der Waals surface area contributed by atoms with Gasteiger partial charge in [0.2, 0.25) is 0 Å². The molecular formula is C114H230O6. The first-order valence-corrected chi connectivity index (χ1v) is 57.3. The molecule has 6 heteroatoms. The van der Waals surface area contributed by atoms with Crippen LogP contribution in [0.1, 0.15) is 658 Å². The van der Waals surface area contributed by atoms with Crippen molar-refractivity contribution in [2.24, 2.45) is 0 Å². The summed E-state index contributed by atoms with van der Waals surface area (Å²) in [7, 11) is 0. The molecule has 0 radical (unpaired) electrons. The molecule has 0 bridgehead atoms. The molecule has 6 nitrogen and oxygen atoms in total. The average molecular weight is 1700 g/mol. The van der Waals surface area contributed by atoms with Crippen molar-refractivity contribution < 1.29 is 28.4 Å². The Morgan fingerprint density at radius 3 is 0.333 bits per heavy atom. The smallest absolute Gasteiger partial charge is 0.115 e. The zero-order valence-electron chi connectivity index (χ0n) is 84.3. The van der Waals surface area contributed by atoms with Crippen molar-refractivity contribution in [2.45, 2.75) is 682 Å². The molecule has 0 fully saturated rings. The highest BCUT2D eigenvalue weighted by Crippen LogP contribution is 2.27. The Kier molecular flexibility index (Phi) is 111. The number of hydrogen-bond acceptors (Lipinski definition) is 6. The van der Waals surface area contributed by atoms with Crippen molar-refractivity contribution in [1.82, 2.24) is 0 Å². The summed E-state index contributed by atoms with van der Waals surface area (Å²) in [5, 5.41) is 0. The fraction of sp³-hybridized carbons (Fsp3) is 1.00. The van der Waals surface area contributed by atoms with E-state index in [1.54, 1.807) is 0 Å². The maximum Gasteiger partial charge on any atom is 0.115 e. The number of hydrogen-bond donors (Lipinski definition) is 0. The standard InChI is InChI=1S/C114H230O6/c1-7-13-19-25-31-37-43-49-55-61-67-73-79-85-91-97-103-115-109-111(117-105-99-93-87-81-75-69-63-57-51-45-39-33-27-21-15-9-3)113(119-107-101-95-89-83-77-71-65-59-53-47-41-35-29-23-17-11-5)114(120-108-102-96-90-84-78-72-66-60-54-48-42-36-30-24-18-12-6)112(118-106-100-94-88-82-76-70-64-58-52-46-40-34-28-22-16-10-4)110-116-104-98-92-86-80-74-68-62-56-50-44-38-32-26-20-14-8-2/h111-114H,7-110H2,1-6H3/t111-,112+,113-,114-/m1/s1. The Balaban J connectivity index is 6.82. The lowest BCUT2D eigenvalue weighted by Gasteiger charge is -2.37. The number of unbranched alkanes of at least 4 members (excludes halogenated alkanes) is 90. The van der Waals surface area contributed by atoms with Crippen LogP contribution in [0.2, 0.25) is 0 Å². The predicted molar refractivity (Wildman–Crippen MR) is 538 cm³/mol. The second-order valence-corrected chi connectivity index (χ2v) is 39.5. The first-order chi connectivity index (χ1) is 59.7. The SMILES string of the molecule is CCCCCCCCCCCCCCCCCCOC[C@H](OCCCCCCCCCCCCCCCCCC)[C@@H](OCCCCCCCCCCCCCCCCCC)[C@H](OCCCCCCCCCCCCCCCCCC)[C@@H](COCCCCCCCCCCCCCCCCCC)OCCCCCCCCCCCCCCCCCC. The Labute approximate surface area is 759 Å². The van der Waals surface area contributed by atoms with Crippen molar-refractivity contribution in [3.8, 4) is 0 Å². The summed E-state index contributed by atoms with van der Waals surface area (Å²) in [6.07, 6.45) is 131. The van der Waals surface area contributed by atoms with Gasteiger partial charge in [-0.2, -0.15) is 0 Å². The van der Waals surface area contributed by atoms with E-state index in [1.165, 1.54) is 578 Å². The Morgan fingerprint density at radius 1 is 0.108 bits per heavy atom. The van der Waals surface area contributed by atoms with Crippen LogP contribution in [0.15, 0.2) is 0 Å². The molecule has 0 rings (SSSR count). The Bertz CT molecular complexity index is 1600. The van der Waals surface area contributed by atoms with Gasteiger partial charge in [-0.1, -0.05) is 619 Å². The van der Waals surface area contributed by atoms with Crippen LogP contribution in [0.4, 0.5) is 0 Å². The van der Waals surface area contributed by atoms with Crippen molar-refractivity contribution in [3.63, 3.8) is 0 Å². The van der Waals surface area contributed by atoms with Gasteiger partial charge in [0.15, 0.2) is 0 Å². The summed E-state index contributed by atoms with van der Waals surface area (Å²) in [4.78, 5) is 0. The molecule has 0 saturated heterocycles. The van der Waals surface area contributed by atoms with E-state index < -0.39 is 0 Å². The van der Waals surface area contributed by atoms with Crippen molar-refractivity contribution >= 4 is 0 Å². The van der Waals surface area contributed by atoms with Crippen LogP contribution in [0.3, 0.4) is 0 Å². The molecule has 0 aliphatic carbocycles. The molecule has 0 aromatic heterocycles. The van der Waals surface area contributed by atoms with Crippen LogP contribution in [0.5, 0.6) is 0 Å². The Morgan fingerprint density at radius 2 is 0.208 bits per heavy atom. The van der Waals surface area contributed by atoms with Gasteiger partial charge in [0, 0.05) is 39.6 Å². The van der Waals surface area contributed by atoms with Crippen molar-refractivity contribution in [2.75, 3.05) is 52.9 Å². The summed E-state index contributed by atoms with van der Waals surface area (Å²) in [6, 6.07) is 0. The lowest BCUT2D eigenvalue weighted by Crippen LogP contribution is -2.53. The molecule has 0 unspecified atom stereocenters. The van der Waals surface area contributed by atoms with Gasteiger partial charge in [-0.05, 0) is 38.5 Å². The van der Waals surface area contributed by atoms with Crippen LogP contribution in [-0.2, 0) is 28.4 Å². The highest BCUT2D eigenvalue weighted by Gasteiger charge is 2.39. The van der Waals surface area contributed by atoms with E-state index in [0.29, 0.717) is 13.2 Å². The molecular weight excluding hydrogens is 1470 g/mol. The Hall–Kier alpha value is -0.240. The molecule has 4 atom stereocenters. The van der Waals surface area contributed by atoms with Gasteiger partial charge in [-0.25, -0.2) is 0 Å². The summed E-state index contributed by atoms with van der Waals surface area (Å²) in [5.74, 6) is 0. The van der Waals surface area contributed by atoms with Gasteiger partial charge >= 0.3 is 0 Å². The van der Waals surface area contributed by atoms with Crippen LogP contribution in [0, 0.1) is 0 Å². The third kappa shape index (κ3) is 98.4. The summed E-state index contributed by atoms with van der Waals surface area (Å²) in [6.45, 7) is 19.6. The third-order valence-corrected chi connectivity index (χ3v) is 27.2. The predicted octanol–water partition coefficient (Wildman–Crippen LogP) is 40.1. The molecule has 120 heavy (non-hydrogen) atoms. The molecule has 0 saturated carbocycles. The second kappa shape index (κ2) is 111. The van der Waals surface area contributed by atoms with E-state index in [9.17, 15) is 0 Å². The fourth-order valence-corrected chi connectivity index (χ4v) is 18.7. The second-order valence-electron chi connectivity index (χ2n) is 39.5. The minimum Gasteiger partial charge on any atom is -0.379 e. The lowest BCUT2D eigenvalue weighted by molar-refractivity contribution is -0.197. The minimum absolute atomic E-state index is 0.235. The average Bonchev–Trinajstić information content (AvgIpc) is 0.841. The normalized spacial score (nSPS) is 12.9. The van der Waals surface area contributed by atoms with Crippen LogP contribution < -0.4 is 0 Å². The molecule has 0 aromatic rings. The quantitative estimate of drug-likeness (QED) is 0.0566. The topological polar surface area (TPSA) is 55.4 Å². The van der Waals surface area contributed by atoms with Crippen molar-refractivity contribution in [1.29, 1.82) is 0 Å². The fourth-order valence-electron chi connectivity index (χ4n) is 18.7. The zero-order chi connectivity index (χ0) is 86.1. The first kappa shape index (κ1) is 120. The van der Waals surface area contributed by atoms with Crippen LogP contribution >= 0.6 is 0 Å². The van der Waals surface area contributed by atoms with Gasteiger partial charge in [0.05, 0.1) is 13.2 Å². The molecule has 0 aromatic carbocycles. The van der Waals surface area contributed by atoms with E-state index >= 15 is 0 Å². The summed E-state index contributed by atoms with van der Waals surface area (Å²) < 4.78 is 43.7. The minimum atomic E-state index is -0.302. The van der Waals surface area contributed by atoms with Gasteiger partial charge in [0.1, 0.15) is 24.4 Å². The van der Waals surface area contributed by atoms with E-state index in [-0.39, 0.29) is 24.4 Å². The van der Waals surface area contributed by atoms with Crippen molar-refractivity contribution in [3.05, 3.63) is 0 Å². The lowest BCUT2D eigenvalue weighted by atomic mass is 10.0. The zero-order valence-corrected chi connectivity index (χ0v) is 84.3. The molecule has 0 aliphatic rings. The molecule has 0 amide bonds. The monoisotopic (exact) mass is 1700 g/mol. The van der Waals surface area contributed by atoms with E-state index in [2.05, 4.69) is 41.5 Å². The highest BCUT2D eigenvalue weighted by molar-refractivity contribution is 4.87. The van der Waals surface area contributed by atoms with E-state index in [4.69, 9.17) is 28.4 Å². The maximum absolute atomic E-state index is 7.53. The molecule has 0 aliphatic heterocycles. The van der Waals surface area contributed by atoms with E-state index in [1.807, 2.05) is 0 Å². The molecule has 0 heterocycles. The largest absolute Gasteiger partial charge is 0.379 e. The maximum atomic E-state index is 7.53. The van der Waals surface area contributed by atoms with E-state index in [0.717, 1.165) is 78.2 Å². The van der Waals surface area contributed by atoms with Gasteiger partial charge in [-0.15, -0.1) is 0 Å². The summed E-state index contributed by atoms with van der Waals surface area (Å²) >= 11 is 0. The molecule has 0 spiro atoms. The molecule has 722 valence electrons. The number of rotatable bonds is 113. The third-order valence-electron chi connectivity index (χ3n) is 27.2. The van der Waals surface area contributed by atoms with Gasteiger partial charge < -0.3 is 28.4 Å².